The van der Waals surface area contributed by atoms with Crippen LogP contribution in [-0.4, -0.2) is 35.7 Å². The quantitative estimate of drug-likeness (QED) is 0.542. The number of carbonyl (C=O) groups excluding carboxylic acids is 2. The summed E-state index contributed by atoms with van der Waals surface area (Å²) in [5.74, 6) is -1.46. The van der Waals surface area contributed by atoms with Crippen LogP contribution < -0.4 is 10.6 Å². The highest BCUT2D eigenvalue weighted by molar-refractivity contribution is 5.98. The number of carboxylic acids is 1. The van der Waals surface area contributed by atoms with Crippen LogP contribution in [0.5, 0.6) is 0 Å². The van der Waals surface area contributed by atoms with Gasteiger partial charge in [0.1, 0.15) is 12.6 Å². The summed E-state index contributed by atoms with van der Waals surface area (Å²) in [6.07, 6.45) is -0.747. The van der Waals surface area contributed by atoms with Crippen molar-refractivity contribution in [1.29, 1.82) is 0 Å². The molecule has 3 N–H and O–H groups in total. The van der Waals surface area contributed by atoms with Crippen LogP contribution in [0.15, 0.2) is 66.7 Å². The van der Waals surface area contributed by atoms with E-state index >= 15 is 0 Å². The first-order valence-electron chi connectivity index (χ1n) is 10.8. The maximum absolute atomic E-state index is 12.5. The van der Waals surface area contributed by atoms with Gasteiger partial charge >= 0.3 is 12.1 Å². The van der Waals surface area contributed by atoms with Crippen LogP contribution in [-0.2, 0) is 22.5 Å². The van der Waals surface area contributed by atoms with Crippen LogP contribution in [0.1, 0.15) is 38.5 Å². The monoisotopic (exact) mass is 442 g/mol. The fraction of sp³-hybridized carbons (Fsp3) is 0.192. The summed E-state index contributed by atoms with van der Waals surface area (Å²) in [5, 5.41) is 14.8. The molecule has 33 heavy (non-hydrogen) atoms. The molecule has 1 aliphatic heterocycles. The number of amides is 2. The molecule has 0 unspecified atom stereocenters. The second-order valence-electron chi connectivity index (χ2n) is 8.24. The Hall–Kier alpha value is -4.13. The van der Waals surface area contributed by atoms with E-state index in [-0.39, 0.29) is 24.9 Å². The molecule has 0 bridgehead atoms. The summed E-state index contributed by atoms with van der Waals surface area (Å²) in [4.78, 5) is 36.2. The molecule has 3 aromatic carbocycles. The maximum Gasteiger partial charge on any atom is 0.407 e. The molecule has 0 spiro atoms. The number of hydrogen-bond acceptors (Lipinski definition) is 4. The third-order valence-electron chi connectivity index (χ3n) is 6.23. The number of nitrogens with one attached hydrogen (secondary N) is 2. The van der Waals surface area contributed by atoms with E-state index in [1.807, 2.05) is 48.5 Å². The molecule has 0 aromatic heterocycles. The molecular weight excluding hydrogens is 420 g/mol. The van der Waals surface area contributed by atoms with Gasteiger partial charge in [-0.05, 0) is 39.4 Å². The molecular formula is C26H22N2O5. The minimum absolute atomic E-state index is 0.0418. The van der Waals surface area contributed by atoms with E-state index < -0.39 is 18.1 Å². The Labute approximate surface area is 190 Å². The van der Waals surface area contributed by atoms with Gasteiger partial charge in [-0.2, -0.15) is 0 Å². The lowest BCUT2D eigenvalue weighted by Gasteiger charge is -2.18. The van der Waals surface area contributed by atoms with Gasteiger partial charge in [-0.25, -0.2) is 9.59 Å². The van der Waals surface area contributed by atoms with Crippen LogP contribution in [0.3, 0.4) is 0 Å². The summed E-state index contributed by atoms with van der Waals surface area (Å²) < 4.78 is 5.47. The Morgan fingerprint density at radius 1 is 1.00 bits per heavy atom. The van der Waals surface area contributed by atoms with Crippen molar-refractivity contribution in [3.63, 3.8) is 0 Å². The highest BCUT2D eigenvalue weighted by Gasteiger charge is 2.30. The van der Waals surface area contributed by atoms with Gasteiger partial charge < -0.3 is 20.5 Å². The van der Waals surface area contributed by atoms with Gasteiger partial charge in [0.25, 0.3) is 5.91 Å². The van der Waals surface area contributed by atoms with Crippen molar-refractivity contribution in [1.82, 2.24) is 10.6 Å². The number of alkyl carbamates (subject to hydrolysis) is 1. The normalized spacial score (nSPS) is 14.6. The second-order valence-corrected chi connectivity index (χ2v) is 8.24. The van der Waals surface area contributed by atoms with Crippen molar-refractivity contribution in [3.8, 4) is 11.1 Å². The van der Waals surface area contributed by atoms with Crippen LogP contribution >= 0.6 is 0 Å². The van der Waals surface area contributed by atoms with E-state index in [1.165, 1.54) is 0 Å². The Morgan fingerprint density at radius 2 is 1.67 bits per heavy atom. The lowest BCUT2D eigenvalue weighted by Crippen LogP contribution is -2.43. The van der Waals surface area contributed by atoms with Crippen LogP contribution in [0.4, 0.5) is 4.79 Å². The molecule has 0 saturated heterocycles. The number of ether oxygens (including phenoxy) is 1. The van der Waals surface area contributed by atoms with Crippen molar-refractivity contribution in [2.75, 3.05) is 6.61 Å². The summed E-state index contributed by atoms with van der Waals surface area (Å²) in [5.41, 5.74) is 6.46. The van der Waals surface area contributed by atoms with Gasteiger partial charge in [0.2, 0.25) is 0 Å². The van der Waals surface area contributed by atoms with Crippen molar-refractivity contribution in [3.05, 3.63) is 94.5 Å². The number of fused-ring (bicyclic) bond motifs is 4. The van der Waals surface area contributed by atoms with Crippen molar-refractivity contribution < 1.29 is 24.2 Å². The van der Waals surface area contributed by atoms with E-state index in [0.29, 0.717) is 17.7 Å². The largest absolute Gasteiger partial charge is 0.480 e. The summed E-state index contributed by atoms with van der Waals surface area (Å²) in [6.45, 7) is 0.569. The number of aliphatic carboxylic acids is 1. The lowest BCUT2D eigenvalue weighted by molar-refractivity contribution is -0.139. The van der Waals surface area contributed by atoms with Gasteiger partial charge in [0, 0.05) is 24.4 Å². The minimum Gasteiger partial charge on any atom is -0.480 e. The predicted molar refractivity (Wildman–Crippen MR) is 121 cm³/mol. The fourth-order valence-electron chi connectivity index (χ4n) is 4.60. The molecule has 1 atom stereocenters. The highest BCUT2D eigenvalue weighted by atomic mass is 16.5. The number of carbonyl (C=O) groups is 3. The standard InChI is InChI=1S/C26H22N2O5/c29-24-21-11-15(9-10-16(21)13-27-24)12-23(25(30)31)28-26(32)33-14-22-19-7-3-1-5-17(19)18-6-2-4-8-20(18)22/h1-11,22-23H,12-14H2,(H,27,29)(H,28,32)(H,30,31)/t23-/m0/s1. The third-order valence-corrected chi connectivity index (χ3v) is 6.23. The zero-order valence-corrected chi connectivity index (χ0v) is 17.7. The SMILES string of the molecule is O=C(N[C@@H](Cc1ccc2c(c1)C(=O)NC2)C(=O)O)OCC1c2ccccc2-c2ccccc21. The van der Waals surface area contributed by atoms with Gasteiger partial charge in [-0.15, -0.1) is 0 Å². The molecule has 0 saturated carbocycles. The Balaban J connectivity index is 1.26. The van der Waals surface area contributed by atoms with Crippen LogP contribution in [0.2, 0.25) is 0 Å². The molecule has 1 heterocycles. The van der Waals surface area contributed by atoms with Crippen molar-refractivity contribution >= 4 is 18.0 Å². The Morgan fingerprint density at radius 3 is 2.33 bits per heavy atom. The van der Waals surface area contributed by atoms with Crippen molar-refractivity contribution in [2.45, 2.75) is 24.9 Å². The summed E-state index contributed by atoms with van der Waals surface area (Å²) in [6, 6.07) is 20.1. The fourth-order valence-corrected chi connectivity index (χ4v) is 4.60. The Bertz CT molecular complexity index is 1220. The number of rotatable bonds is 6. The molecule has 2 amide bonds. The van der Waals surface area contributed by atoms with Crippen molar-refractivity contribution in [2.24, 2.45) is 0 Å². The summed E-state index contributed by atoms with van der Waals surface area (Å²) in [7, 11) is 0. The summed E-state index contributed by atoms with van der Waals surface area (Å²) >= 11 is 0. The zero-order valence-electron chi connectivity index (χ0n) is 17.7. The van der Waals surface area contributed by atoms with E-state index in [0.717, 1.165) is 27.8 Å². The lowest BCUT2D eigenvalue weighted by atomic mass is 9.98. The minimum atomic E-state index is -1.18. The van der Waals surface area contributed by atoms with E-state index in [4.69, 9.17) is 4.74 Å². The van der Waals surface area contributed by atoms with Crippen LogP contribution in [0.25, 0.3) is 11.1 Å². The number of benzene rings is 3. The smallest absolute Gasteiger partial charge is 0.407 e. The van der Waals surface area contributed by atoms with Gasteiger partial charge in [0.05, 0.1) is 0 Å². The average molecular weight is 442 g/mol. The molecule has 166 valence electrons. The average Bonchev–Trinajstić information content (AvgIpc) is 3.35. The zero-order chi connectivity index (χ0) is 22.9. The number of hydrogen-bond donors (Lipinski definition) is 3. The molecule has 0 radical (unpaired) electrons. The number of carboxylic acid groups (broad SMARTS) is 1. The third kappa shape index (κ3) is 3.93. The maximum atomic E-state index is 12.5. The topological polar surface area (TPSA) is 105 Å². The molecule has 0 fully saturated rings. The highest BCUT2D eigenvalue weighted by Crippen LogP contribution is 2.44. The van der Waals surface area contributed by atoms with E-state index in [1.54, 1.807) is 18.2 Å². The first-order chi connectivity index (χ1) is 16.0. The first-order valence-corrected chi connectivity index (χ1v) is 10.8. The molecule has 1 aliphatic carbocycles. The second kappa shape index (κ2) is 8.43. The molecule has 5 rings (SSSR count). The van der Waals surface area contributed by atoms with Gasteiger partial charge in [-0.1, -0.05) is 60.7 Å². The Kier molecular flexibility index (Phi) is 5.30. The van der Waals surface area contributed by atoms with Crippen LogP contribution in [0, 0.1) is 0 Å². The van der Waals surface area contributed by atoms with Gasteiger partial charge in [0.15, 0.2) is 0 Å². The first kappa shape index (κ1) is 20.8. The van der Waals surface area contributed by atoms with Gasteiger partial charge in [-0.3, -0.25) is 4.79 Å². The molecule has 7 nitrogen and oxygen atoms in total. The predicted octanol–water partition coefficient (Wildman–Crippen LogP) is 3.46. The molecule has 3 aromatic rings. The van der Waals surface area contributed by atoms with E-state index in [9.17, 15) is 19.5 Å². The molecule has 2 aliphatic rings. The molecule has 7 heteroatoms. The van der Waals surface area contributed by atoms with E-state index in [2.05, 4.69) is 10.6 Å².